The Morgan fingerprint density at radius 1 is 1.29 bits per heavy atom. The number of aliphatic hydroxyl groups is 1. The van der Waals surface area contributed by atoms with Gasteiger partial charge in [0.25, 0.3) is 5.91 Å². The van der Waals surface area contributed by atoms with Crippen LogP contribution >= 0.6 is 0 Å². The van der Waals surface area contributed by atoms with Crippen LogP contribution in [0.25, 0.3) is 11.3 Å². The molecule has 0 aliphatic carbocycles. The first-order valence-electron chi connectivity index (χ1n) is 6.52. The Bertz CT molecular complexity index is 580. The van der Waals surface area contributed by atoms with Crippen LogP contribution in [-0.4, -0.2) is 52.7 Å². The van der Waals surface area contributed by atoms with E-state index in [2.05, 4.69) is 15.5 Å². The Morgan fingerprint density at radius 2 is 2.05 bits per heavy atom. The van der Waals surface area contributed by atoms with Crippen molar-refractivity contribution in [1.82, 2.24) is 15.5 Å². The number of phenols is 1. The Kier molecular flexibility index (Phi) is 5.30. The standard InChI is InChI=1S/C14H17N3O4/c18-6-8-21-7-5-15-14(20)13-9-12(16-17-13)10-1-3-11(19)4-2-10/h1-4,9,18-19H,5-8H2,(H,15,20)(H,16,17). The monoisotopic (exact) mass is 291 g/mol. The van der Waals surface area contributed by atoms with Gasteiger partial charge in [-0.25, -0.2) is 0 Å². The normalized spacial score (nSPS) is 10.5. The van der Waals surface area contributed by atoms with E-state index in [9.17, 15) is 9.90 Å². The zero-order valence-corrected chi connectivity index (χ0v) is 11.4. The first-order valence-corrected chi connectivity index (χ1v) is 6.52. The number of carbonyl (C=O) groups is 1. The third-order valence-corrected chi connectivity index (χ3v) is 2.75. The molecule has 0 bridgehead atoms. The predicted octanol–water partition coefficient (Wildman–Crippen LogP) is 0.521. The third-order valence-electron chi connectivity index (χ3n) is 2.75. The number of H-pyrrole nitrogens is 1. The molecule has 4 N–H and O–H groups in total. The lowest BCUT2D eigenvalue weighted by Crippen LogP contribution is -2.27. The first kappa shape index (κ1) is 15.0. The van der Waals surface area contributed by atoms with Crippen molar-refractivity contribution in [1.29, 1.82) is 0 Å². The van der Waals surface area contributed by atoms with Gasteiger partial charge in [0.2, 0.25) is 0 Å². The highest BCUT2D eigenvalue weighted by Crippen LogP contribution is 2.20. The molecule has 0 fully saturated rings. The first-order chi connectivity index (χ1) is 10.2. The average Bonchev–Trinajstić information content (AvgIpc) is 2.97. The second kappa shape index (κ2) is 7.41. The van der Waals surface area contributed by atoms with Gasteiger partial charge in [-0.05, 0) is 30.3 Å². The SMILES string of the molecule is O=C(NCCOCCO)c1cc(-c2ccc(O)cc2)n[nH]1. The van der Waals surface area contributed by atoms with Crippen LogP contribution in [0.4, 0.5) is 0 Å². The molecule has 0 saturated carbocycles. The highest BCUT2D eigenvalue weighted by Gasteiger charge is 2.10. The van der Waals surface area contributed by atoms with E-state index >= 15 is 0 Å². The number of nitrogens with one attached hydrogen (secondary N) is 2. The molecule has 2 aromatic rings. The van der Waals surface area contributed by atoms with Crippen LogP contribution in [0.3, 0.4) is 0 Å². The molecule has 7 nitrogen and oxygen atoms in total. The summed E-state index contributed by atoms with van der Waals surface area (Å²) < 4.78 is 5.04. The zero-order valence-electron chi connectivity index (χ0n) is 11.4. The Labute approximate surface area is 121 Å². The van der Waals surface area contributed by atoms with E-state index in [1.165, 1.54) is 0 Å². The lowest BCUT2D eigenvalue weighted by Gasteiger charge is -2.03. The number of aromatic nitrogens is 2. The lowest BCUT2D eigenvalue weighted by atomic mass is 10.1. The number of benzene rings is 1. The number of aliphatic hydroxyl groups excluding tert-OH is 1. The maximum Gasteiger partial charge on any atom is 0.269 e. The largest absolute Gasteiger partial charge is 0.508 e. The van der Waals surface area contributed by atoms with Gasteiger partial charge in [-0.1, -0.05) is 0 Å². The third kappa shape index (κ3) is 4.30. The van der Waals surface area contributed by atoms with Gasteiger partial charge in [0.15, 0.2) is 0 Å². The quantitative estimate of drug-likeness (QED) is 0.556. The second-order valence-electron chi connectivity index (χ2n) is 4.31. The number of aromatic hydroxyl groups is 1. The van der Waals surface area contributed by atoms with E-state index in [-0.39, 0.29) is 24.9 Å². The zero-order chi connectivity index (χ0) is 15.1. The molecule has 1 amide bonds. The van der Waals surface area contributed by atoms with Crippen molar-refractivity contribution in [3.63, 3.8) is 0 Å². The van der Waals surface area contributed by atoms with E-state index in [0.29, 0.717) is 24.5 Å². The summed E-state index contributed by atoms with van der Waals surface area (Å²) in [5, 5.41) is 27.2. The number of ether oxygens (including phenoxy) is 1. The summed E-state index contributed by atoms with van der Waals surface area (Å²) in [4.78, 5) is 11.8. The van der Waals surface area contributed by atoms with Gasteiger partial charge in [-0.15, -0.1) is 0 Å². The summed E-state index contributed by atoms with van der Waals surface area (Å²) in [6, 6.07) is 8.19. The van der Waals surface area contributed by atoms with Crippen LogP contribution in [0.1, 0.15) is 10.5 Å². The number of rotatable bonds is 7. The number of hydrogen-bond donors (Lipinski definition) is 4. The molecule has 0 aliphatic heterocycles. The fourth-order valence-electron chi connectivity index (χ4n) is 1.72. The summed E-state index contributed by atoms with van der Waals surface area (Å²) in [5.41, 5.74) is 1.77. The summed E-state index contributed by atoms with van der Waals surface area (Å²) in [6.07, 6.45) is 0. The van der Waals surface area contributed by atoms with Crippen LogP contribution < -0.4 is 5.32 Å². The molecular weight excluding hydrogens is 274 g/mol. The van der Waals surface area contributed by atoms with Crippen molar-refractivity contribution in [3.8, 4) is 17.0 Å². The van der Waals surface area contributed by atoms with Gasteiger partial charge in [0.1, 0.15) is 11.4 Å². The molecule has 0 unspecified atom stereocenters. The number of amides is 1. The number of carbonyl (C=O) groups excluding carboxylic acids is 1. The van der Waals surface area contributed by atoms with Gasteiger partial charge in [0, 0.05) is 12.1 Å². The molecule has 1 aromatic heterocycles. The molecule has 112 valence electrons. The van der Waals surface area contributed by atoms with Gasteiger partial charge in [-0.2, -0.15) is 5.10 Å². The van der Waals surface area contributed by atoms with E-state index in [0.717, 1.165) is 5.56 Å². The van der Waals surface area contributed by atoms with Gasteiger partial charge in [-0.3, -0.25) is 9.89 Å². The lowest BCUT2D eigenvalue weighted by molar-refractivity contribution is 0.0835. The summed E-state index contributed by atoms with van der Waals surface area (Å²) in [6.45, 7) is 0.910. The van der Waals surface area contributed by atoms with E-state index in [1.807, 2.05) is 0 Å². The minimum atomic E-state index is -0.278. The number of nitrogens with zero attached hydrogens (tertiary/aromatic N) is 1. The predicted molar refractivity (Wildman–Crippen MR) is 75.9 cm³/mol. The van der Waals surface area contributed by atoms with Crippen molar-refractivity contribution in [3.05, 3.63) is 36.0 Å². The van der Waals surface area contributed by atoms with Gasteiger partial charge >= 0.3 is 0 Å². The average molecular weight is 291 g/mol. The van der Waals surface area contributed by atoms with E-state index in [1.54, 1.807) is 30.3 Å². The number of phenolic OH excluding ortho intramolecular Hbond substituents is 1. The number of hydrogen-bond acceptors (Lipinski definition) is 5. The Morgan fingerprint density at radius 3 is 2.76 bits per heavy atom. The van der Waals surface area contributed by atoms with Gasteiger partial charge in [0.05, 0.1) is 25.5 Å². The molecule has 0 spiro atoms. The fourth-order valence-corrected chi connectivity index (χ4v) is 1.72. The second-order valence-corrected chi connectivity index (χ2v) is 4.31. The van der Waals surface area contributed by atoms with Crippen LogP contribution in [0.15, 0.2) is 30.3 Å². The van der Waals surface area contributed by atoms with Crippen molar-refractivity contribution in [2.45, 2.75) is 0 Å². The van der Waals surface area contributed by atoms with Crippen molar-refractivity contribution >= 4 is 5.91 Å². The molecule has 7 heteroatoms. The molecule has 0 atom stereocenters. The Hall–Kier alpha value is -2.38. The maximum atomic E-state index is 11.8. The van der Waals surface area contributed by atoms with E-state index in [4.69, 9.17) is 9.84 Å². The molecule has 1 heterocycles. The van der Waals surface area contributed by atoms with E-state index < -0.39 is 0 Å². The highest BCUT2D eigenvalue weighted by molar-refractivity contribution is 5.93. The molecule has 2 rings (SSSR count). The maximum absolute atomic E-state index is 11.8. The van der Waals surface area contributed by atoms with Crippen LogP contribution in [-0.2, 0) is 4.74 Å². The van der Waals surface area contributed by atoms with Crippen molar-refractivity contribution in [2.24, 2.45) is 0 Å². The van der Waals surface area contributed by atoms with Crippen molar-refractivity contribution in [2.75, 3.05) is 26.4 Å². The minimum absolute atomic E-state index is 0.0372. The Balaban J connectivity index is 1.90. The summed E-state index contributed by atoms with van der Waals surface area (Å²) in [7, 11) is 0. The summed E-state index contributed by atoms with van der Waals surface area (Å²) in [5.74, 6) is -0.102. The molecular formula is C14H17N3O4. The minimum Gasteiger partial charge on any atom is -0.508 e. The topological polar surface area (TPSA) is 107 Å². The van der Waals surface area contributed by atoms with Crippen LogP contribution in [0.2, 0.25) is 0 Å². The smallest absolute Gasteiger partial charge is 0.269 e. The molecule has 0 saturated heterocycles. The fraction of sp³-hybridized carbons (Fsp3) is 0.286. The molecule has 1 aromatic carbocycles. The number of aromatic amines is 1. The van der Waals surface area contributed by atoms with Crippen LogP contribution in [0.5, 0.6) is 5.75 Å². The van der Waals surface area contributed by atoms with Crippen molar-refractivity contribution < 1.29 is 19.7 Å². The molecule has 0 radical (unpaired) electrons. The highest BCUT2D eigenvalue weighted by atomic mass is 16.5. The van der Waals surface area contributed by atoms with Crippen LogP contribution in [0, 0.1) is 0 Å². The summed E-state index contributed by atoms with van der Waals surface area (Å²) >= 11 is 0. The molecule has 21 heavy (non-hydrogen) atoms. The molecule has 0 aliphatic rings. The van der Waals surface area contributed by atoms with Gasteiger partial charge < -0.3 is 20.3 Å².